The van der Waals surface area contributed by atoms with Crippen molar-refractivity contribution in [2.45, 2.75) is 46.3 Å². The normalized spacial score (nSPS) is 17.8. The van der Waals surface area contributed by atoms with Crippen LogP contribution < -0.4 is 5.73 Å². The Morgan fingerprint density at radius 2 is 2.05 bits per heavy atom. The van der Waals surface area contributed by atoms with Crippen LogP contribution >= 0.6 is 0 Å². The first-order chi connectivity index (χ1) is 9.11. The zero-order valence-corrected chi connectivity index (χ0v) is 12.3. The summed E-state index contributed by atoms with van der Waals surface area (Å²) >= 11 is 0. The zero-order valence-electron chi connectivity index (χ0n) is 12.3. The number of nitrogens with two attached hydrogens (primary N) is 1. The van der Waals surface area contributed by atoms with Gasteiger partial charge >= 0.3 is 0 Å². The molecule has 4 heteroatoms. The van der Waals surface area contributed by atoms with Crippen molar-refractivity contribution in [3.63, 3.8) is 0 Å². The van der Waals surface area contributed by atoms with Gasteiger partial charge in [0.2, 0.25) is 0 Å². The summed E-state index contributed by atoms with van der Waals surface area (Å²) in [7, 11) is 0. The molecule has 0 unspecified atom stereocenters. The van der Waals surface area contributed by atoms with Crippen LogP contribution in [0.2, 0.25) is 0 Å². The molecular formula is C15H25N3O. The standard InChI is InChI=1S/C15H25N3O/c1-4-19-13-5-7-18(8-6-13)10-14-12(3)15(16)11(2)9-17-14/h9,13H,4-8,10H2,1-3H3,(H2,16,17). The number of aryl methyl sites for hydroxylation is 1. The molecule has 0 aromatic carbocycles. The molecule has 0 saturated carbocycles. The van der Waals surface area contributed by atoms with Crippen LogP contribution in [0.15, 0.2) is 6.20 Å². The van der Waals surface area contributed by atoms with Crippen molar-refractivity contribution < 1.29 is 4.74 Å². The molecule has 106 valence electrons. The summed E-state index contributed by atoms with van der Waals surface area (Å²) in [4.78, 5) is 6.98. The number of nitrogens with zero attached hydrogens (tertiary/aromatic N) is 2. The molecule has 2 N–H and O–H groups in total. The van der Waals surface area contributed by atoms with E-state index < -0.39 is 0 Å². The molecule has 1 aromatic heterocycles. The van der Waals surface area contributed by atoms with Gasteiger partial charge in [-0.05, 0) is 44.7 Å². The number of aromatic nitrogens is 1. The minimum atomic E-state index is 0.443. The van der Waals surface area contributed by atoms with Crippen molar-refractivity contribution in [2.24, 2.45) is 0 Å². The second kappa shape index (κ2) is 6.35. The lowest BCUT2D eigenvalue weighted by Gasteiger charge is -2.31. The number of rotatable bonds is 4. The molecule has 1 saturated heterocycles. The van der Waals surface area contributed by atoms with Gasteiger partial charge in [-0.1, -0.05) is 0 Å². The van der Waals surface area contributed by atoms with E-state index in [4.69, 9.17) is 10.5 Å². The quantitative estimate of drug-likeness (QED) is 0.905. The van der Waals surface area contributed by atoms with Crippen molar-refractivity contribution in [1.82, 2.24) is 9.88 Å². The first-order valence-corrected chi connectivity index (χ1v) is 7.16. The average molecular weight is 263 g/mol. The van der Waals surface area contributed by atoms with E-state index in [2.05, 4.69) is 23.7 Å². The molecule has 2 heterocycles. The van der Waals surface area contributed by atoms with Crippen molar-refractivity contribution >= 4 is 5.69 Å². The SMILES string of the molecule is CCOC1CCN(Cc2ncc(C)c(N)c2C)CC1. The van der Waals surface area contributed by atoms with E-state index in [0.717, 1.165) is 61.6 Å². The fourth-order valence-electron chi connectivity index (χ4n) is 2.63. The summed E-state index contributed by atoms with van der Waals surface area (Å²) in [5.41, 5.74) is 10.3. The van der Waals surface area contributed by atoms with Crippen LogP contribution in [-0.2, 0) is 11.3 Å². The number of pyridine rings is 1. The highest BCUT2D eigenvalue weighted by Gasteiger charge is 2.20. The molecule has 0 radical (unpaired) electrons. The Labute approximate surface area is 116 Å². The highest BCUT2D eigenvalue weighted by molar-refractivity contribution is 5.53. The molecule has 0 amide bonds. The molecule has 19 heavy (non-hydrogen) atoms. The number of ether oxygens (including phenoxy) is 1. The number of nitrogen functional groups attached to an aromatic ring is 1. The van der Waals surface area contributed by atoms with Gasteiger partial charge in [0.15, 0.2) is 0 Å². The fourth-order valence-corrected chi connectivity index (χ4v) is 2.63. The fraction of sp³-hybridized carbons (Fsp3) is 0.667. The smallest absolute Gasteiger partial charge is 0.0599 e. The highest BCUT2D eigenvalue weighted by atomic mass is 16.5. The Bertz CT molecular complexity index is 426. The van der Waals surface area contributed by atoms with Gasteiger partial charge in [0.25, 0.3) is 0 Å². The van der Waals surface area contributed by atoms with Gasteiger partial charge in [-0.25, -0.2) is 0 Å². The zero-order chi connectivity index (χ0) is 13.8. The lowest BCUT2D eigenvalue weighted by molar-refractivity contribution is 0.0122. The number of likely N-dealkylation sites (tertiary alicyclic amines) is 1. The minimum Gasteiger partial charge on any atom is -0.398 e. The van der Waals surface area contributed by atoms with E-state index in [-0.39, 0.29) is 0 Å². The van der Waals surface area contributed by atoms with Gasteiger partial charge in [0, 0.05) is 38.1 Å². The van der Waals surface area contributed by atoms with E-state index in [1.165, 1.54) is 0 Å². The molecule has 2 rings (SSSR count). The third kappa shape index (κ3) is 3.45. The van der Waals surface area contributed by atoms with E-state index in [0.29, 0.717) is 6.10 Å². The Kier molecular flexibility index (Phi) is 4.77. The average Bonchev–Trinajstić information content (AvgIpc) is 2.42. The maximum absolute atomic E-state index is 6.07. The lowest BCUT2D eigenvalue weighted by atomic mass is 10.1. The van der Waals surface area contributed by atoms with E-state index >= 15 is 0 Å². The Morgan fingerprint density at radius 1 is 1.37 bits per heavy atom. The third-order valence-electron chi connectivity index (χ3n) is 3.99. The summed E-state index contributed by atoms with van der Waals surface area (Å²) in [5, 5.41) is 0. The van der Waals surface area contributed by atoms with E-state index in [1.54, 1.807) is 0 Å². The Morgan fingerprint density at radius 3 is 2.68 bits per heavy atom. The van der Waals surface area contributed by atoms with Crippen LogP contribution in [-0.4, -0.2) is 35.7 Å². The molecule has 0 aliphatic carbocycles. The van der Waals surface area contributed by atoms with Crippen LogP contribution in [0.4, 0.5) is 5.69 Å². The van der Waals surface area contributed by atoms with Gasteiger partial charge in [-0.15, -0.1) is 0 Å². The monoisotopic (exact) mass is 263 g/mol. The predicted molar refractivity (Wildman–Crippen MR) is 78.0 cm³/mol. The summed E-state index contributed by atoms with van der Waals surface area (Å²) < 4.78 is 5.68. The maximum atomic E-state index is 6.07. The van der Waals surface area contributed by atoms with Crippen LogP contribution in [0, 0.1) is 13.8 Å². The minimum absolute atomic E-state index is 0.443. The van der Waals surface area contributed by atoms with Crippen LogP contribution in [0.5, 0.6) is 0 Å². The highest BCUT2D eigenvalue weighted by Crippen LogP contribution is 2.21. The molecule has 0 spiro atoms. The maximum Gasteiger partial charge on any atom is 0.0599 e. The number of hydrogen-bond acceptors (Lipinski definition) is 4. The van der Waals surface area contributed by atoms with Crippen LogP contribution in [0.25, 0.3) is 0 Å². The van der Waals surface area contributed by atoms with Gasteiger partial charge in [-0.2, -0.15) is 0 Å². The van der Waals surface area contributed by atoms with Gasteiger partial charge in [-0.3, -0.25) is 9.88 Å². The van der Waals surface area contributed by atoms with Crippen molar-refractivity contribution in [2.75, 3.05) is 25.4 Å². The summed E-state index contributed by atoms with van der Waals surface area (Å²) in [6.07, 6.45) is 4.56. The van der Waals surface area contributed by atoms with Crippen LogP contribution in [0.1, 0.15) is 36.6 Å². The first kappa shape index (κ1) is 14.3. The summed E-state index contributed by atoms with van der Waals surface area (Å²) in [6, 6.07) is 0. The molecular weight excluding hydrogens is 238 g/mol. The Balaban J connectivity index is 1.94. The van der Waals surface area contributed by atoms with E-state index in [9.17, 15) is 0 Å². The van der Waals surface area contributed by atoms with Gasteiger partial charge < -0.3 is 10.5 Å². The van der Waals surface area contributed by atoms with Crippen molar-refractivity contribution in [3.05, 3.63) is 23.0 Å². The Hall–Kier alpha value is -1.13. The molecule has 1 fully saturated rings. The molecule has 4 nitrogen and oxygen atoms in total. The number of hydrogen-bond donors (Lipinski definition) is 1. The second-order valence-electron chi connectivity index (χ2n) is 5.36. The lowest BCUT2D eigenvalue weighted by Crippen LogP contribution is -2.37. The second-order valence-corrected chi connectivity index (χ2v) is 5.36. The van der Waals surface area contributed by atoms with Crippen molar-refractivity contribution in [3.8, 4) is 0 Å². The van der Waals surface area contributed by atoms with Gasteiger partial charge in [0.1, 0.15) is 0 Å². The number of anilines is 1. The molecule has 1 aliphatic rings. The van der Waals surface area contributed by atoms with Crippen LogP contribution in [0.3, 0.4) is 0 Å². The number of piperidine rings is 1. The molecule has 1 aliphatic heterocycles. The van der Waals surface area contributed by atoms with Crippen molar-refractivity contribution in [1.29, 1.82) is 0 Å². The third-order valence-corrected chi connectivity index (χ3v) is 3.99. The molecule has 1 aromatic rings. The van der Waals surface area contributed by atoms with Gasteiger partial charge in [0.05, 0.1) is 11.8 Å². The predicted octanol–water partition coefficient (Wildman–Crippen LogP) is 2.28. The van der Waals surface area contributed by atoms with E-state index in [1.807, 2.05) is 13.1 Å². The largest absolute Gasteiger partial charge is 0.398 e. The summed E-state index contributed by atoms with van der Waals surface area (Å²) in [6.45, 7) is 10.0. The summed E-state index contributed by atoms with van der Waals surface area (Å²) in [5.74, 6) is 0. The topological polar surface area (TPSA) is 51.4 Å². The molecule has 0 atom stereocenters. The molecule has 0 bridgehead atoms. The first-order valence-electron chi connectivity index (χ1n) is 7.16.